The van der Waals surface area contributed by atoms with Crippen molar-refractivity contribution in [3.05, 3.63) is 23.9 Å². The van der Waals surface area contributed by atoms with Crippen LogP contribution in [-0.4, -0.2) is 24.0 Å². The molecule has 1 aromatic heterocycles. The molecule has 6 heteroatoms. The van der Waals surface area contributed by atoms with Crippen molar-refractivity contribution in [3.8, 4) is 11.5 Å². The second kappa shape index (κ2) is 5.73. The van der Waals surface area contributed by atoms with E-state index in [0.717, 1.165) is 29.5 Å². The van der Waals surface area contributed by atoms with Crippen LogP contribution in [0.2, 0.25) is 0 Å². The van der Waals surface area contributed by atoms with Gasteiger partial charge in [0.1, 0.15) is 11.5 Å². The van der Waals surface area contributed by atoms with Crippen LogP contribution in [0, 0.1) is 6.92 Å². The molecule has 3 N–H and O–H groups in total. The van der Waals surface area contributed by atoms with Gasteiger partial charge in [-0.1, -0.05) is 0 Å². The summed E-state index contributed by atoms with van der Waals surface area (Å²) in [5.74, 6) is 2.19. The SMILES string of the molecule is CCn1nc(C)c(N)c1Nc1ccc(OC)cc1OC. The number of benzene rings is 1. The monoisotopic (exact) mass is 276 g/mol. The molecule has 0 amide bonds. The lowest BCUT2D eigenvalue weighted by Gasteiger charge is -2.13. The van der Waals surface area contributed by atoms with E-state index in [-0.39, 0.29) is 0 Å². The van der Waals surface area contributed by atoms with Gasteiger partial charge in [0.05, 0.1) is 31.3 Å². The van der Waals surface area contributed by atoms with E-state index >= 15 is 0 Å². The number of nitrogens with one attached hydrogen (secondary N) is 1. The molecule has 2 aromatic rings. The van der Waals surface area contributed by atoms with E-state index in [9.17, 15) is 0 Å². The van der Waals surface area contributed by atoms with E-state index in [1.807, 2.05) is 36.7 Å². The van der Waals surface area contributed by atoms with Crippen molar-refractivity contribution in [1.29, 1.82) is 0 Å². The van der Waals surface area contributed by atoms with Crippen LogP contribution in [0.25, 0.3) is 0 Å². The first-order valence-electron chi connectivity index (χ1n) is 6.42. The number of methoxy groups -OCH3 is 2. The maximum Gasteiger partial charge on any atom is 0.152 e. The van der Waals surface area contributed by atoms with Gasteiger partial charge in [-0.15, -0.1) is 0 Å². The molecular formula is C14H20N4O2. The van der Waals surface area contributed by atoms with Crippen LogP contribution >= 0.6 is 0 Å². The molecular weight excluding hydrogens is 256 g/mol. The Morgan fingerprint density at radius 3 is 2.65 bits per heavy atom. The van der Waals surface area contributed by atoms with Crippen molar-refractivity contribution in [2.75, 3.05) is 25.3 Å². The molecule has 20 heavy (non-hydrogen) atoms. The quantitative estimate of drug-likeness (QED) is 0.878. The molecule has 6 nitrogen and oxygen atoms in total. The van der Waals surface area contributed by atoms with Gasteiger partial charge in [0.25, 0.3) is 0 Å². The summed E-state index contributed by atoms with van der Waals surface area (Å²) in [5.41, 5.74) is 8.33. The summed E-state index contributed by atoms with van der Waals surface area (Å²) < 4.78 is 12.4. The summed E-state index contributed by atoms with van der Waals surface area (Å²) in [6.45, 7) is 4.64. The molecule has 1 aromatic carbocycles. The highest BCUT2D eigenvalue weighted by Gasteiger charge is 2.14. The predicted molar refractivity (Wildman–Crippen MR) is 79.9 cm³/mol. The van der Waals surface area contributed by atoms with E-state index in [2.05, 4.69) is 10.4 Å². The lowest BCUT2D eigenvalue weighted by Crippen LogP contribution is -2.05. The highest BCUT2D eigenvalue weighted by Crippen LogP contribution is 2.33. The first kappa shape index (κ1) is 14.0. The van der Waals surface area contributed by atoms with Gasteiger partial charge in [-0.3, -0.25) is 0 Å². The molecule has 0 radical (unpaired) electrons. The number of rotatable bonds is 5. The third-order valence-electron chi connectivity index (χ3n) is 3.14. The lowest BCUT2D eigenvalue weighted by atomic mass is 10.2. The van der Waals surface area contributed by atoms with Gasteiger partial charge >= 0.3 is 0 Å². The average molecular weight is 276 g/mol. The maximum atomic E-state index is 6.06. The molecule has 108 valence electrons. The number of ether oxygens (including phenoxy) is 2. The van der Waals surface area contributed by atoms with Crippen LogP contribution in [0.15, 0.2) is 18.2 Å². The molecule has 0 atom stereocenters. The summed E-state index contributed by atoms with van der Waals surface area (Å²) >= 11 is 0. The van der Waals surface area contributed by atoms with Crippen molar-refractivity contribution < 1.29 is 9.47 Å². The van der Waals surface area contributed by atoms with Crippen molar-refractivity contribution in [3.63, 3.8) is 0 Å². The fraction of sp³-hybridized carbons (Fsp3) is 0.357. The van der Waals surface area contributed by atoms with Gasteiger partial charge < -0.3 is 20.5 Å². The van der Waals surface area contributed by atoms with Gasteiger partial charge in [0, 0.05) is 12.6 Å². The first-order valence-corrected chi connectivity index (χ1v) is 6.42. The smallest absolute Gasteiger partial charge is 0.152 e. The first-order chi connectivity index (χ1) is 9.60. The van der Waals surface area contributed by atoms with Crippen LogP contribution in [-0.2, 0) is 6.54 Å². The number of aryl methyl sites for hydroxylation is 2. The van der Waals surface area contributed by atoms with Crippen LogP contribution < -0.4 is 20.5 Å². The van der Waals surface area contributed by atoms with Crippen molar-refractivity contribution >= 4 is 17.2 Å². The minimum atomic E-state index is 0.643. The third kappa shape index (κ3) is 2.49. The second-order valence-corrected chi connectivity index (χ2v) is 4.35. The summed E-state index contributed by atoms with van der Waals surface area (Å²) in [6.07, 6.45) is 0. The van der Waals surface area contributed by atoms with Gasteiger partial charge in [0.2, 0.25) is 0 Å². The topological polar surface area (TPSA) is 74.3 Å². The highest BCUT2D eigenvalue weighted by atomic mass is 16.5. The molecule has 1 heterocycles. The Balaban J connectivity index is 2.39. The molecule has 0 bridgehead atoms. The number of hydrogen-bond acceptors (Lipinski definition) is 5. The second-order valence-electron chi connectivity index (χ2n) is 4.35. The van der Waals surface area contributed by atoms with Crippen molar-refractivity contribution in [2.45, 2.75) is 20.4 Å². The molecule has 0 unspecified atom stereocenters. The Hall–Kier alpha value is -2.37. The van der Waals surface area contributed by atoms with Crippen LogP contribution in [0.3, 0.4) is 0 Å². The zero-order valence-corrected chi connectivity index (χ0v) is 12.2. The van der Waals surface area contributed by atoms with E-state index in [1.54, 1.807) is 14.2 Å². The van der Waals surface area contributed by atoms with Crippen LogP contribution in [0.1, 0.15) is 12.6 Å². The van der Waals surface area contributed by atoms with Crippen LogP contribution in [0.5, 0.6) is 11.5 Å². The number of anilines is 3. The molecule has 0 saturated heterocycles. The van der Waals surface area contributed by atoms with Gasteiger partial charge in [-0.05, 0) is 26.0 Å². The molecule has 0 aliphatic heterocycles. The Labute approximate surface area is 118 Å². The Bertz CT molecular complexity index is 607. The fourth-order valence-electron chi connectivity index (χ4n) is 1.99. The van der Waals surface area contributed by atoms with E-state index < -0.39 is 0 Å². The number of hydrogen-bond donors (Lipinski definition) is 2. The molecule has 0 aliphatic carbocycles. The number of nitrogens with two attached hydrogens (primary N) is 1. The molecule has 0 aliphatic rings. The summed E-state index contributed by atoms with van der Waals surface area (Å²) in [6, 6.07) is 5.57. The van der Waals surface area contributed by atoms with Gasteiger partial charge in [-0.25, -0.2) is 4.68 Å². The van der Waals surface area contributed by atoms with E-state index in [4.69, 9.17) is 15.2 Å². The average Bonchev–Trinajstić information content (AvgIpc) is 2.75. The minimum Gasteiger partial charge on any atom is -0.497 e. The van der Waals surface area contributed by atoms with Crippen LogP contribution in [0.4, 0.5) is 17.2 Å². The Morgan fingerprint density at radius 2 is 2.05 bits per heavy atom. The zero-order chi connectivity index (χ0) is 14.7. The standard InChI is InChI=1S/C14H20N4O2/c1-5-18-14(13(15)9(2)17-18)16-11-7-6-10(19-3)8-12(11)20-4/h6-8,16H,5,15H2,1-4H3. The number of aromatic nitrogens is 2. The summed E-state index contributed by atoms with van der Waals surface area (Å²) in [4.78, 5) is 0. The molecule has 0 spiro atoms. The summed E-state index contributed by atoms with van der Waals surface area (Å²) in [5, 5.41) is 7.66. The molecule has 0 saturated carbocycles. The number of nitrogens with zero attached hydrogens (tertiary/aromatic N) is 2. The number of nitrogen functional groups attached to an aromatic ring is 1. The van der Waals surface area contributed by atoms with Gasteiger partial charge in [-0.2, -0.15) is 5.10 Å². The minimum absolute atomic E-state index is 0.643. The van der Waals surface area contributed by atoms with Crippen molar-refractivity contribution in [1.82, 2.24) is 9.78 Å². The summed E-state index contributed by atoms with van der Waals surface area (Å²) in [7, 11) is 3.24. The highest BCUT2D eigenvalue weighted by molar-refractivity contribution is 5.74. The fourth-order valence-corrected chi connectivity index (χ4v) is 1.99. The van der Waals surface area contributed by atoms with E-state index in [1.165, 1.54) is 0 Å². The Kier molecular flexibility index (Phi) is 4.02. The zero-order valence-electron chi connectivity index (χ0n) is 12.2. The third-order valence-corrected chi connectivity index (χ3v) is 3.14. The van der Waals surface area contributed by atoms with E-state index in [0.29, 0.717) is 11.4 Å². The lowest BCUT2D eigenvalue weighted by molar-refractivity contribution is 0.395. The largest absolute Gasteiger partial charge is 0.497 e. The molecule has 2 rings (SSSR count). The normalized spacial score (nSPS) is 10.4. The predicted octanol–water partition coefficient (Wildman–Crippen LogP) is 2.55. The Morgan fingerprint density at radius 1 is 1.30 bits per heavy atom. The maximum absolute atomic E-state index is 6.06. The van der Waals surface area contributed by atoms with Gasteiger partial charge in [0.15, 0.2) is 5.82 Å². The van der Waals surface area contributed by atoms with Crippen molar-refractivity contribution in [2.24, 2.45) is 0 Å². The molecule has 0 fully saturated rings.